The van der Waals surface area contributed by atoms with Gasteiger partial charge < -0.3 is 14.6 Å². The minimum atomic E-state index is -1.24. The Morgan fingerprint density at radius 2 is 1.73 bits per heavy atom. The van der Waals surface area contributed by atoms with Crippen molar-refractivity contribution >= 4 is 5.97 Å². The van der Waals surface area contributed by atoms with Crippen LogP contribution in [-0.2, 0) is 14.3 Å². The Labute approximate surface area is 134 Å². The van der Waals surface area contributed by atoms with Crippen LogP contribution in [0, 0.1) is 0 Å². The van der Waals surface area contributed by atoms with Crippen molar-refractivity contribution in [1.29, 1.82) is 0 Å². The van der Waals surface area contributed by atoms with E-state index in [0.717, 1.165) is 25.7 Å². The van der Waals surface area contributed by atoms with Gasteiger partial charge in [-0.1, -0.05) is 44.3 Å². The van der Waals surface area contributed by atoms with Crippen LogP contribution in [0.25, 0.3) is 0 Å². The number of carbonyl (C=O) groups is 1. The maximum absolute atomic E-state index is 11.7. The quantitative estimate of drug-likeness (QED) is 0.272. The lowest BCUT2D eigenvalue weighted by Crippen LogP contribution is -2.38. The minimum absolute atomic E-state index is 0.328. The van der Waals surface area contributed by atoms with Gasteiger partial charge in [0.2, 0.25) is 5.79 Å². The lowest BCUT2D eigenvalue weighted by Gasteiger charge is -2.23. The number of ether oxygens (including phenoxy) is 2. The predicted octanol–water partition coefficient (Wildman–Crippen LogP) is 3.89. The highest BCUT2D eigenvalue weighted by molar-refractivity contribution is 5.92. The lowest BCUT2D eigenvalue weighted by atomic mass is 10.0. The Morgan fingerprint density at radius 1 is 1.18 bits per heavy atom. The Bertz CT molecular complexity index is 389. The van der Waals surface area contributed by atoms with Gasteiger partial charge in [-0.05, 0) is 25.7 Å². The molecule has 0 radical (unpaired) electrons. The average molecular weight is 310 g/mol. The summed E-state index contributed by atoms with van der Waals surface area (Å²) in [5, 5.41) is 10.1. The van der Waals surface area contributed by atoms with Crippen LogP contribution in [0.1, 0.15) is 64.7 Å². The molecular weight excluding hydrogens is 280 g/mol. The molecule has 0 aliphatic carbocycles. The van der Waals surface area contributed by atoms with E-state index in [1.165, 1.54) is 39.2 Å². The molecule has 1 rings (SSSR count). The van der Waals surface area contributed by atoms with Crippen LogP contribution >= 0.6 is 0 Å². The third kappa shape index (κ3) is 5.58. The summed E-state index contributed by atoms with van der Waals surface area (Å²) in [7, 11) is 1.43. The first-order valence-electron chi connectivity index (χ1n) is 8.32. The van der Waals surface area contributed by atoms with Crippen LogP contribution in [0.2, 0.25) is 0 Å². The molecule has 0 saturated carbocycles. The predicted molar refractivity (Wildman–Crippen MR) is 87.3 cm³/mol. The van der Waals surface area contributed by atoms with Gasteiger partial charge in [-0.2, -0.15) is 0 Å². The number of unbranched alkanes of at least 4 members (excludes halogenated alkanes) is 8. The van der Waals surface area contributed by atoms with Crippen LogP contribution in [0.15, 0.2) is 24.3 Å². The van der Waals surface area contributed by atoms with Crippen molar-refractivity contribution in [1.82, 2.24) is 0 Å². The molecule has 0 amide bonds. The first-order chi connectivity index (χ1) is 10.5. The summed E-state index contributed by atoms with van der Waals surface area (Å²) in [6.07, 6.45) is 13.1. The van der Waals surface area contributed by atoms with E-state index in [-0.39, 0.29) is 0 Å². The van der Waals surface area contributed by atoms with Crippen LogP contribution in [0.4, 0.5) is 0 Å². The third-order valence-electron chi connectivity index (χ3n) is 4.20. The molecule has 1 aliphatic rings. The fourth-order valence-electron chi connectivity index (χ4n) is 2.62. The number of aliphatic hydroxyl groups is 1. The standard InChI is InChI=1S/C18H30O4/c1-4-5-6-7-8-9-10-11-12-13-14-15-16(19)18(2,21-3)22-17(15)20/h4,14,16,19H,1,5-13H2,2-3H3/b15-14-/t16-,18-/m1/s1. The van der Waals surface area contributed by atoms with Crippen molar-refractivity contribution in [2.75, 3.05) is 7.11 Å². The molecule has 1 saturated heterocycles. The van der Waals surface area contributed by atoms with Gasteiger partial charge in [-0.3, -0.25) is 0 Å². The van der Waals surface area contributed by atoms with Gasteiger partial charge in [0.05, 0.1) is 5.57 Å². The molecule has 0 unspecified atom stereocenters. The van der Waals surface area contributed by atoms with Crippen molar-refractivity contribution in [2.45, 2.75) is 76.6 Å². The van der Waals surface area contributed by atoms with Gasteiger partial charge in [-0.15, -0.1) is 6.58 Å². The van der Waals surface area contributed by atoms with E-state index in [1.54, 1.807) is 13.0 Å². The molecule has 0 aromatic heterocycles. The van der Waals surface area contributed by atoms with E-state index in [4.69, 9.17) is 9.47 Å². The molecule has 0 aromatic carbocycles. The molecule has 2 atom stereocenters. The molecule has 1 heterocycles. The van der Waals surface area contributed by atoms with Crippen molar-refractivity contribution in [3.8, 4) is 0 Å². The highest BCUT2D eigenvalue weighted by atomic mass is 16.7. The fourth-order valence-corrected chi connectivity index (χ4v) is 2.62. The summed E-state index contributed by atoms with van der Waals surface area (Å²) in [5.74, 6) is -1.71. The number of aliphatic hydroxyl groups excluding tert-OH is 1. The normalized spacial score (nSPS) is 26.4. The minimum Gasteiger partial charge on any atom is -0.427 e. The largest absolute Gasteiger partial charge is 0.427 e. The van der Waals surface area contributed by atoms with E-state index in [1.807, 2.05) is 6.08 Å². The third-order valence-corrected chi connectivity index (χ3v) is 4.20. The summed E-state index contributed by atoms with van der Waals surface area (Å²) in [6, 6.07) is 0. The Kier molecular flexibility index (Phi) is 8.43. The second-order valence-corrected chi connectivity index (χ2v) is 6.01. The van der Waals surface area contributed by atoms with Gasteiger partial charge >= 0.3 is 5.97 Å². The molecule has 22 heavy (non-hydrogen) atoms. The summed E-state index contributed by atoms with van der Waals surface area (Å²) < 4.78 is 10.1. The maximum atomic E-state index is 11.7. The number of allylic oxidation sites excluding steroid dienone is 2. The number of carbonyl (C=O) groups excluding carboxylic acids is 1. The van der Waals surface area contributed by atoms with E-state index in [9.17, 15) is 9.90 Å². The van der Waals surface area contributed by atoms with Gasteiger partial charge in [0, 0.05) is 14.0 Å². The summed E-state index contributed by atoms with van der Waals surface area (Å²) in [4.78, 5) is 11.7. The molecule has 1 aliphatic heterocycles. The second-order valence-electron chi connectivity index (χ2n) is 6.01. The molecule has 1 fully saturated rings. The number of esters is 1. The zero-order valence-corrected chi connectivity index (χ0v) is 14.0. The van der Waals surface area contributed by atoms with E-state index >= 15 is 0 Å². The number of cyclic esters (lactones) is 1. The first-order valence-corrected chi connectivity index (χ1v) is 8.32. The van der Waals surface area contributed by atoms with Crippen molar-refractivity contribution in [3.05, 3.63) is 24.3 Å². The molecule has 4 nitrogen and oxygen atoms in total. The van der Waals surface area contributed by atoms with Crippen LogP contribution in [0.5, 0.6) is 0 Å². The molecule has 1 N–H and O–H groups in total. The summed E-state index contributed by atoms with van der Waals surface area (Å²) in [5.41, 5.74) is 0.328. The average Bonchev–Trinajstić information content (AvgIpc) is 2.72. The monoisotopic (exact) mass is 310 g/mol. The fraction of sp³-hybridized carbons (Fsp3) is 0.722. The Balaban J connectivity index is 2.16. The highest BCUT2D eigenvalue weighted by Gasteiger charge is 2.48. The zero-order valence-electron chi connectivity index (χ0n) is 14.0. The molecular formula is C18H30O4. The van der Waals surface area contributed by atoms with Crippen LogP contribution in [0.3, 0.4) is 0 Å². The number of hydrogen-bond acceptors (Lipinski definition) is 4. The molecule has 0 spiro atoms. The Morgan fingerprint density at radius 3 is 2.23 bits per heavy atom. The van der Waals surface area contributed by atoms with Crippen molar-refractivity contribution < 1.29 is 19.4 Å². The van der Waals surface area contributed by atoms with Gasteiger partial charge in [0.25, 0.3) is 0 Å². The molecule has 0 bridgehead atoms. The molecule has 0 aromatic rings. The smallest absolute Gasteiger partial charge is 0.339 e. The first kappa shape index (κ1) is 18.9. The van der Waals surface area contributed by atoms with Crippen molar-refractivity contribution in [3.63, 3.8) is 0 Å². The second kappa shape index (κ2) is 9.80. The number of methoxy groups -OCH3 is 1. The maximum Gasteiger partial charge on any atom is 0.339 e. The van der Waals surface area contributed by atoms with E-state index < -0.39 is 17.9 Å². The van der Waals surface area contributed by atoms with E-state index in [0.29, 0.717) is 5.57 Å². The topological polar surface area (TPSA) is 55.8 Å². The van der Waals surface area contributed by atoms with Crippen molar-refractivity contribution in [2.24, 2.45) is 0 Å². The van der Waals surface area contributed by atoms with Crippen LogP contribution < -0.4 is 0 Å². The zero-order chi connectivity index (χ0) is 16.4. The molecule has 4 heteroatoms. The summed E-state index contributed by atoms with van der Waals surface area (Å²) in [6.45, 7) is 5.29. The molecule has 126 valence electrons. The van der Waals surface area contributed by atoms with Gasteiger partial charge in [-0.25, -0.2) is 4.79 Å². The number of rotatable bonds is 11. The lowest BCUT2D eigenvalue weighted by molar-refractivity contribution is -0.218. The number of hydrogen-bond donors (Lipinski definition) is 1. The van der Waals surface area contributed by atoms with Crippen LogP contribution in [-0.4, -0.2) is 30.1 Å². The highest BCUT2D eigenvalue weighted by Crippen LogP contribution is 2.31. The van der Waals surface area contributed by atoms with Gasteiger partial charge in [0.1, 0.15) is 0 Å². The van der Waals surface area contributed by atoms with Gasteiger partial charge in [0.15, 0.2) is 6.10 Å². The summed E-state index contributed by atoms with van der Waals surface area (Å²) >= 11 is 0. The SMILES string of the molecule is C=CCCCCCCCCC/C=C1\C(=O)O[C@@](C)(OC)[C@@H]1O. The Hall–Kier alpha value is -1.13. The van der Waals surface area contributed by atoms with E-state index in [2.05, 4.69) is 6.58 Å².